The highest BCUT2D eigenvalue weighted by atomic mass is 16.7. The first kappa shape index (κ1) is 23.2. The molecule has 0 aliphatic carbocycles. The van der Waals surface area contributed by atoms with E-state index in [0.29, 0.717) is 5.92 Å². The standard InChI is InChI=1S/C21H41NO2/c1-5-8-9-10-11-12-13-14-15-16-17-18-19(4)21(6-2,7-3)20(23)24-22/h12-13,19H,5-11,14-18,22H2,1-4H3. The molecule has 0 rings (SSSR count). The van der Waals surface area contributed by atoms with Gasteiger partial charge in [0.2, 0.25) is 0 Å². The average molecular weight is 340 g/mol. The van der Waals surface area contributed by atoms with Gasteiger partial charge in [-0.2, -0.15) is 5.90 Å². The zero-order valence-corrected chi connectivity index (χ0v) is 16.6. The number of carbonyl (C=O) groups excluding carboxylic acids is 1. The molecule has 24 heavy (non-hydrogen) atoms. The van der Waals surface area contributed by atoms with Gasteiger partial charge in [0.05, 0.1) is 5.41 Å². The van der Waals surface area contributed by atoms with Crippen molar-refractivity contribution in [1.29, 1.82) is 0 Å². The SMILES string of the molecule is CCCCCCC=CCCCCCC(C)C(CC)(CC)C(=O)ON. The maximum atomic E-state index is 12.1. The molecule has 0 amide bonds. The van der Waals surface area contributed by atoms with E-state index in [1.54, 1.807) is 0 Å². The fourth-order valence-electron chi connectivity index (χ4n) is 3.64. The van der Waals surface area contributed by atoms with Gasteiger partial charge in [-0.05, 0) is 50.9 Å². The predicted octanol–water partition coefficient (Wildman–Crippen LogP) is 6.32. The first-order valence-electron chi connectivity index (χ1n) is 10.1. The molecule has 0 fully saturated rings. The summed E-state index contributed by atoms with van der Waals surface area (Å²) in [5.74, 6) is 5.22. The normalized spacial score (nSPS) is 13.4. The van der Waals surface area contributed by atoms with E-state index < -0.39 is 5.41 Å². The molecule has 142 valence electrons. The summed E-state index contributed by atoms with van der Waals surface area (Å²) >= 11 is 0. The predicted molar refractivity (Wildman–Crippen MR) is 103 cm³/mol. The lowest BCUT2D eigenvalue weighted by molar-refractivity contribution is -0.161. The molecule has 0 aliphatic rings. The van der Waals surface area contributed by atoms with Crippen LogP contribution >= 0.6 is 0 Å². The molecule has 3 heteroatoms. The van der Waals surface area contributed by atoms with Crippen molar-refractivity contribution in [2.75, 3.05) is 0 Å². The van der Waals surface area contributed by atoms with Crippen molar-refractivity contribution in [3.63, 3.8) is 0 Å². The highest BCUT2D eigenvalue weighted by Crippen LogP contribution is 2.39. The Morgan fingerprint density at radius 3 is 1.96 bits per heavy atom. The number of hydrogen-bond donors (Lipinski definition) is 1. The van der Waals surface area contributed by atoms with Crippen molar-refractivity contribution in [3.8, 4) is 0 Å². The van der Waals surface area contributed by atoms with Gasteiger partial charge < -0.3 is 4.84 Å². The van der Waals surface area contributed by atoms with E-state index in [1.807, 2.05) is 0 Å². The number of nitrogens with two attached hydrogens (primary N) is 1. The van der Waals surface area contributed by atoms with Gasteiger partial charge >= 0.3 is 5.97 Å². The van der Waals surface area contributed by atoms with Crippen LogP contribution in [0.2, 0.25) is 0 Å². The smallest absolute Gasteiger partial charge is 0.330 e. The Kier molecular flexibility index (Phi) is 14.0. The Hall–Kier alpha value is -0.830. The van der Waals surface area contributed by atoms with Crippen LogP contribution in [0.3, 0.4) is 0 Å². The van der Waals surface area contributed by atoms with Gasteiger partial charge in [-0.15, -0.1) is 0 Å². The zero-order valence-electron chi connectivity index (χ0n) is 16.6. The third-order valence-corrected chi connectivity index (χ3v) is 5.62. The van der Waals surface area contributed by atoms with E-state index in [1.165, 1.54) is 57.8 Å². The third kappa shape index (κ3) is 8.32. The van der Waals surface area contributed by atoms with Gasteiger partial charge in [0, 0.05) is 0 Å². The van der Waals surface area contributed by atoms with E-state index >= 15 is 0 Å². The summed E-state index contributed by atoms with van der Waals surface area (Å²) in [7, 11) is 0. The molecule has 1 unspecified atom stereocenters. The van der Waals surface area contributed by atoms with Crippen LogP contribution in [0, 0.1) is 11.3 Å². The molecule has 0 radical (unpaired) electrons. The van der Waals surface area contributed by atoms with Gasteiger partial charge in [0.1, 0.15) is 0 Å². The molecule has 0 aromatic heterocycles. The van der Waals surface area contributed by atoms with Gasteiger partial charge in [0.25, 0.3) is 0 Å². The summed E-state index contributed by atoms with van der Waals surface area (Å²) in [6.45, 7) is 8.53. The maximum absolute atomic E-state index is 12.1. The lowest BCUT2D eigenvalue weighted by Gasteiger charge is -2.34. The monoisotopic (exact) mass is 339 g/mol. The largest absolute Gasteiger partial charge is 0.373 e. The maximum Gasteiger partial charge on any atom is 0.330 e. The first-order chi connectivity index (χ1) is 11.6. The van der Waals surface area contributed by atoms with Crippen molar-refractivity contribution in [2.24, 2.45) is 17.2 Å². The summed E-state index contributed by atoms with van der Waals surface area (Å²) in [5, 5.41) is 0. The molecule has 0 spiro atoms. The van der Waals surface area contributed by atoms with Crippen LogP contribution in [-0.2, 0) is 9.63 Å². The molecule has 0 bridgehead atoms. The number of rotatable bonds is 15. The van der Waals surface area contributed by atoms with Crippen molar-refractivity contribution in [3.05, 3.63) is 12.2 Å². The van der Waals surface area contributed by atoms with Crippen molar-refractivity contribution >= 4 is 5.97 Å². The summed E-state index contributed by atoms with van der Waals surface area (Å²) < 4.78 is 0. The van der Waals surface area contributed by atoms with Crippen molar-refractivity contribution in [2.45, 2.75) is 105 Å². The lowest BCUT2D eigenvalue weighted by atomic mass is 9.70. The van der Waals surface area contributed by atoms with E-state index in [-0.39, 0.29) is 5.97 Å². The van der Waals surface area contributed by atoms with Crippen molar-refractivity contribution < 1.29 is 9.63 Å². The minimum absolute atomic E-state index is 0.244. The fraction of sp³-hybridized carbons (Fsp3) is 0.857. The molecule has 1 atom stereocenters. The first-order valence-corrected chi connectivity index (χ1v) is 10.1. The minimum Gasteiger partial charge on any atom is -0.373 e. The van der Waals surface area contributed by atoms with E-state index in [9.17, 15) is 4.79 Å². The Bertz CT molecular complexity index is 335. The second-order valence-corrected chi connectivity index (χ2v) is 7.13. The number of allylic oxidation sites excluding steroid dienone is 2. The molecule has 0 aromatic rings. The van der Waals surface area contributed by atoms with Crippen molar-refractivity contribution in [1.82, 2.24) is 0 Å². The summed E-state index contributed by atoms with van der Waals surface area (Å²) in [5.41, 5.74) is -0.410. The van der Waals surface area contributed by atoms with Gasteiger partial charge in [-0.3, -0.25) is 0 Å². The quantitative estimate of drug-likeness (QED) is 0.216. The molecule has 2 N–H and O–H groups in total. The fourth-order valence-corrected chi connectivity index (χ4v) is 3.64. The van der Waals surface area contributed by atoms with Crippen LogP contribution in [-0.4, -0.2) is 5.97 Å². The topological polar surface area (TPSA) is 52.3 Å². The third-order valence-electron chi connectivity index (χ3n) is 5.62. The van der Waals surface area contributed by atoms with Crippen LogP contribution < -0.4 is 5.90 Å². The second kappa shape index (κ2) is 14.5. The molecule has 3 nitrogen and oxygen atoms in total. The highest BCUT2D eigenvalue weighted by Gasteiger charge is 2.41. The summed E-state index contributed by atoms with van der Waals surface area (Å²) in [6, 6.07) is 0. The summed E-state index contributed by atoms with van der Waals surface area (Å²) in [4.78, 5) is 16.7. The molecular formula is C21H41NO2. The zero-order chi connectivity index (χ0) is 18.3. The molecule has 0 aromatic carbocycles. The van der Waals surface area contributed by atoms with Gasteiger partial charge in [0.15, 0.2) is 0 Å². The Balaban J connectivity index is 3.90. The number of hydrogen-bond acceptors (Lipinski definition) is 3. The Labute approximate surface area is 150 Å². The van der Waals surface area contributed by atoms with Gasteiger partial charge in [-0.25, -0.2) is 4.79 Å². The van der Waals surface area contributed by atoms with Crippen LogP contribution in [0.4, 0.5) is 0 Å². The van der Waals surface area contributed by atoms with Gasteiger partial charge in [-0.1, -0.05) is 72.0 Å². The van der Waals surface area contributed by atoms with E-state index in [2.05, 4.69) is 44.7 Å². The molecule has 0 heterocycles. The molecule has 0 aliphatic heterocycles. The van der Waals surface area contributed by atoms with Crippen LogP contribution in [0.5, 0.6) is 0 Å². The minimum atomic E-state index is -0.410. The number of unbranched alkanes of at least 4 members (excludes halogenated alkanes) is 7. The van der Waals surface area contributed by atoms with E-state index in [4.69, 9.17) is 5.90 Å². The Morgan fingerprint density at radius 1 is 0.958 bits per heavy atom. The highest BCUT2D eigenvalue weighted by molar-refractivity contribution is 5.76. The average Bonchev–Trinajstić information content (AvgIpc) is 2.60. The molecule has 0 saturated carbocycles. The summed E-state index contributed by atoms with van der Waals surface area (Å²) in [6.07, 6.45) is 18.7. The van der Waals surface area contributed by atoms with Crippen LogP contribution in [0.25, 0.3) is 0 Å². The lowest BCUT2D eigenvalue weighted by Crippen LogP contribution is -2.39. The van der Waals surface area contributed by atoms with Crippen LogP contribution in [0.1, 0.15) is 105 Å². The number of carbonyl (C=O) groups is 1. The van der Waals surface area contributed by atoms with Crippen LogP contribution in [0.15, 0.2) is 12.2 Å². The Morgan fingerprint density at radius 2 is 1.50 bits per heavy atom. The molecular weight excluding hydrogens is 298 g/mol. The van der Waals surface area contributed by atoms with E-state index in [0.717, 1.165) is 19.3 Å². The molecule has 0 saturated heterocycles. The second-order valence-electron chi connectivity index (χ2n) is 7.13.